The SMILES string of the molecule is CC(C)c1cnnc(Nc2ccc3ncc(-c4cn(C)nc4-c4ccc(OCCN(C)C)cc4)cc3n2)c1. The maximum absolute atomic E-state index is 5.85. The third-order valence-electron chi connectivity index (χ3n) is 6.21. The number of hydrogen-bond acceptors (Lipinski definition) is 8. The molecule has 0 saturated heterocycles. The number of ether oxygens (including phenoxy) is 1. The fourth-order valence-electron chi connectivity index (χ4n) is 4.08. The lowest BCUT2D eigenvalue weighted by Gasteiger charge is -2.11. The van der Waals surface area contributed by atoms with E-state index in [0.717, 1.165) is 51.3 Å². The summed E-state index contributed by atoms with van der Waals surface area (Å²) in [5.41, 5.74) is 6.52. The van der Waals surface area contributed by atoms with E-state index in [1.807, 2.05) is 86.7 Å². The number of aromatic nitrogens is 6. The summed E-state index contributed by atoms with van der Waals surface area (Å²) in [5, 5.41) is 16.3. The Bertz CT molecular complexity index is 1540. The normalized spacial score (nSPS) is 11.4. The summed E-state index contributed by atoms with van der Waals surface area (Å²) in [6.07, 6.45) is 5.67. The van der Waals surface area contributed by atoms with Crippen molar-refractivity contribution in [2.75, 3.05) is 32.6 Å². The van der Waals surface area contributed by atoms with Gasteiger partial charge in [0, 0.05) is 42.7 Å². The van der Waals surface area contributed by atoms with Gasteiger partial charge in [-0.1, -0.05) is 13.8 Å². The molecule has 9 nitrogen and oxygen atoms in total. The van der Waals surface area contributed by atoms with Crippen LogP contribution in [0.1, 0.15) is 25.3 Å². The average molecular weight is 509 g/mol. The monoisotopic (exact) mass is 508 g/mol. The van der Waals surface area contributed by atoms with Crippen molar-refractivity contribution in [3.05, 3.63) is 72.7 Å². The first kappa shape index (κ1) is 25.3. The second-order valence-corrected chi connectivity index (χ2v) is 9.85. The molecule has 0 bridgehead atoms. The summed E-state index contributed by atoms with van der Waals surface area (Å²) < 4.78 is 7.67. The molecule has 0 radical (unpaired) electrons. The van der Waals surface area contributed by atoms with E-state index in [9.17, 15) is 0 Å². The van der Waals surface area contributed by atoms with E-state index in [0.29, 0.717) is 24.2 Å². The van der Waals surface area contributed by atoms with Gasteiger partial charge in [-0.05, 0) is 74.1 Å². The predicted octanol–water partition coefficient (Wildman–Crippen LogP) is 5.29. The number of anilines is 2. The summed E-state index contributed by atoms with van der Waals surface area (Å²) in [4.78, 5) is 11.6. The first-order valence-corrected chi connectivity index (χ1v) is 12.6. The molecule has 0 fully saturated rings. The Balaban J connectivity index is 1.42. The molecule has 4 heterocycles. The van der Waals surface area contributed by atoms with E-state index in [4.69, 9.17) is 14.8 Å². The molecule has 0 atom stereocenters. The maximum Gasteiger partial charge on any atom is 0.154 e. The van der Waals surface area contributed by atoms with Crippen LogP contribution in [0, 0.1) is 0 Å². The number of aryl methyl sites for hydroxylation is 1. The molecule has 4 aromatic heterocycles. The Morgan fingerprint density at radius 3 is 2.53 bits per heavy atom. The minimum Gasteiger partial charge on any atom is -0.492 e. The number of hydrogen-bond donors (Lipinski definition) is 1. The second-order valence-electron chi connectivity index (χ2n) is 9.85. The molecule has 0 unspecified atom stereocenters. The van der Waals surface area contributed by atoms with E-state index in [1.165, 1.54) is 0 Å². The van der Waals surface area contributed by atoms with Gasteiger partial charge < -0.3 is 15.0 Å². The highest BCUT2D eigenvalue weighted by Gasteiger charge is 2.14. The predicted molar refractivity (Wildman–Crippen MR) is 151 cm³/mol. The van der Waals surface area contributed by atoms with Crippen LogP contribution in [-0.2, 0) is 7.05 Å². The minimum absolute atomic E-state index is 0.364. The lowest BCUT2D eigenvalue weighted by Crippen LogP contribution is -2.19. The molecule has 0 spiro atoms. The van der Waals surface area contributed by atoms with Gasteiger partial charge in [0.2, 0.25) is 0 Å². The highest BCUT2D eigenvalue weighted by Crippen LogP contribution is 2.33. The Kier molecular flexibility index (Phi) is 7.28. The molecular weight excluding hydrogens is 476 g/mol. The molecule has 1 aromatic carbocycles. The van der Waals surface area contributed by atoms with Crippen LogP contribution in [-0.4, -0.2) is 62.1 Å². The number of likely N-dealkylation sites (N-methyl/N-ethyl adjacent to an activating group) is 1. The van der Waals surface area contributed by atoms with Crippen LogP contribution in [0.15, 0.2) is 67.1 Å². The van der Waals surface area contributed by atoms with E-state index >= 15 is 0 Å². The lowest BCUT2D eigenvalue weighted by atomic mass is 10.0. The first-order valence-electron chi connectivity index (χ1n) is 12.6. The van der Waals surface area contributed by atoms with Gasteiger partial charge in [0.1, 0.15) is 23.9 Å². The van der Waals surface area contributed by atoms with Gasteiger partial charge in [-0.25, -0.2) is 4.98 Å². The molecule has 0 aliphatic heterocycles. The number of fused-ring (bicyclic) bond motifs is 1. The Hall–Kier alpha value is -4.37. The van der Waals surface area contributed by atoms with Crippen molar-refractivity contribution in [3.63, 3.8) is 0 Å². The highest BCUT2D eigenvalue weighted by atomic mass is 16.5. The first-order chi connectivity index (χ1) is 18.4. The van der Waals surface area contributed by atoms with E-state index in [2.05, 4.69) is 39.2 Å². The van der Waals surface area contributed by atoms with Crippen molar-refractivity contribution in [3.8, 4) is 28.1 Å². The van der Waals surface area contributed by atoms with Crippen molar-refractivity contribution < 1.29 is 4.74 Å². The standard InChI is InChI=1S/C29H32N8O/c1-19(2)21-15-28(34-31-17-21)33-27-11-10-25-26(32-27)14-22(16-30-25)24-18-37(5)35-29(24)20-6-8-23(9-7-20)38-13-12-36(3)4/h6-11,14-19H,12-13H2,1-5H3,(H,32,33,34). The zero-order valence-corrected chi connectivity index (χ0v) is 22.4. The smallest absolute Gasteiger partial charge is 0.154 e. The third kappa shape index (κ3) is 5.78. The number of pyridine rings is 2. The quantitative estimate of drug-likeness (QED) is 0.287. The van der Waals surface area contributed by atoms with Crippen molar-refractivity contribution in [1.29, 1.82) is 0 Å². The molecule has 1 N–H and O–H groups in total. The van der Waals surface area contributed by atoms with E-state index in [-0.39, 0.29) is 0 Å². The van der Waals surface area contributed by atoms with Gasteiger partial charge >= 0.3 is 0 Å². The zero-order valence-electron chi connectivity index (χ0n) is 22.4. The summed E-state index contributed by atoms with van der Waals surface area (Å²) in [5.74, 6) is 2.55. The second kappa shape index (κ2) is 10.9. The van der Waals surface area contributed by atoms with Crippen LogP contribution < -0.4 is 10.1 Å². The molecule has 0 aliphatic carbocycles. The molecule has 5 rings (SSSR count). The van der Waals surface area contributed by atoms with Gasteiger partial charge in [-0.3, -0.25) is 9.67 Å². The molecule has 5 aromatic rings. The van der Waals surface area contributed by atoms with Gasteiger partial charge in [0.15, 0.2) is 5.82 Å². The van der Waals surface area contributed by atoms with Crippen LogP contribution in [0.4, 0.5) is 11.6 Å². The summed E-state index contributed by atoms with van der Waals surface area (Å²) in [6, 6.07) is 15.9. The van der Waals surface area contributed by atoms with Crippen LogP contribution in [0.2, 0.25) is 0 Å². The summed E-state index contributed by atoms with van der Waals surface area (Å²) in [6.45, 7) is 5.76. The molecule has 0 amide bonds. The molecule has 0 saturated carbocycles. The van der Waals surface area contributed by atoms with E-state index in [1.54, 1.807) is 6.20 Å². The fourth-order valence-corrected chi connectivity index (χ4v) is 4.08. The van der Waals surface area contributed by atoms with Crippen molar-refractivity contribution in [2.45, 2.75) is 19.8 Å². The van der Waals surface area contributed by atoms with Gasteiger partial charge in [-0.2, -0.15) is 10.2 Å². The van der Waals surface area contributed by atoms with Crippen LogP contribution in [0.5, 0.6) is 5.75 Å². The minimum atomic E-state index is 0.364. The van der Waals surface area contributed by atoms with E-state index < -0.39 is 0 Å². The highest BCUT2D eigenvalue weighted by molar-refractivity contribution is 5.86. The Morgan fingerprint density at radius 1 is 0.947 bits per heavy atom. The topological polar surface area (TPSA) is 93.9 Å². The van der Waals surface area contributed by atoms with Crippen molar-refractivity contribution in [2.24, 2.45) is 7.05 Å². The number of nitrogens with zero attached hydrogens (tertiary/aromatic N) is 7. The number of nitrogens with one attached hydrogen (secondary N) is 1. The summed E-state index contributed by atoms with van der Waals surface area (Å²) in [7, 11) is 5.99. The fraction of sp³-hybridized carbons (Fsp3) is 0.276. The van der Waals surface area contributed by atoms with Gasteiger partial charge in [-0.15, -0.1) is 5.10 Å². The average Bonchev–Trinajstić information content (AvgIpc) is 3.30. The lowest BCUT2D eigenvalue weighted by molar-refractivity contribution is 0.261. The molecule has 0 aliphatic rings. The zero-order chi connectivity index (χ0) is 26.6. The van der Waals surface area contributed by atoms with Crippen LogP contribution in [0.25, 0.3) is 33.4 Å². The number of benzene rings is 1. The molecule has 38 heavy (non-hydrogen) atoms. The molecule has 194 valence electrons. The van der Waals surface area contributed by atoms with Gasteiger partial charge in [0.05, 0.1) is 17.2 Å². The van der Waals surface area contributed by atoms with Gasteiger partial charge in [0.25, 0.3) is 0 Å². The maximum atomic E-state index is 5.85. The Labute approximate surface area is 222 Å². The molecule has 9 heteroatoms. The van der Waals surface area contributed by atoms with Crippen LogP contribution in [0.3, 0.4) is 0 Å². The van der Waals surface area contributed by atoms with Crippen LogP contribution >= 0.6 is 0 Å². The van der Waals surface area contributed by atoms with Crippen molar-refractivity contribution >= 4 is 22.7 Å². The Morgan fingerprint density at radius 2 is 1.76 bits per heavy atom. The summed E-state index contributed by atoms with van der Waals surface area (Å²) >= 11 is 0. The largest absolute Gasteiger partial charge is 0.492 e. The third-order valence-corrected chi connectivity index (χ3v) is 6.21. The molecular formula is C29H32N8O. The van der Waals surface area contributed by atoms with Crippen molar-refractivity contribution in [1.82, 2.24) is 34.8 Å². The number of rotatable bonds is 9.